The van der Waals surface area contributed by atoms with E-state index < -0.39 is 11.9 Å². The van der Waals surface area contributed by atoms with Crippen LogP contribution in [-0.2, 0) is 9.59 Å². The number of hydrogen-bond donors (Lipinski definition) is 0. The molecule has 0 atom stereocenters. The number of ether oxygens (including phenoxy) is 2. The minimum Gasteiger partial charge on any atom is -0.426 e. The number of rotatable bonds is 5. The van der Waals surface area contributed by atoms with Gasteiger partial charge in [-0.25, -0.2) is 0 Å². The zero-order chi connectivity index (χ0) is 17.0. The molecule has 0 N–H and O–H groups in total. The van der Waals surface area contributed by atoms with Crippen molar-refractivity contribution in [1.29, 1.82) is 0 Å². The van der Waals surface area contributed by atoms with Gasteiger partial charge < -0.3 is 9.47 Å². The van der Waals surface area contributed by atoms with Crippen LogP contribution in [0, 0.1) is 0 Å². The molecule has 0 saturated heterocycles. The van der Waals surface area contributed by atoms with Crippen molar-refractivity contribution in [2.75, 3.05) is 0 Å². The number of ketones is 1. The van der Waals surface area contributed by atoms with Crippen molar-refractivity contribution in [2.45, 2.75) is 33.6 Å². The highest BCUT2D eigenvalue weighted by Gasteiger charge is 2.14. The smallest absolute Gasteiger partial charge is 0.308 e. The highest BCUT2D eigenvalue weighted by Crippen LogP contribution is 2.34. The van der Waals surface area contributed by atoms with Gasteiger partial charge in [-0.05, 0) is 30.7 Å². The first-order valence-electron chi connectivity index (χ1n) is 7.39. The van der Waals surface area contributed by atoms with E-state index in [1.165, 1.54) is 13.8 Å². The Morgan fingerprint density at radius 2 is 1.43 bits per heavy atom. The quantitative estimate of drug-likeness (QED) is 0.478. The molecule has 0 spiro atoms. The number of esters is 2. The molecule has 0 aromatic heterocycles. The minimum absolute atomic E-state index is 0.0149. The number of carbonyl (C=O) groups is 3. The largest absolute Gasteiger partial charge is 0.426 e. The van der Waals surface area contributed by atoms with Gasteiger partial charge in [-0.1, -0.05) is 13.0 Å². The van der Waals surface area contributed by atoms with E-state index in [0.717, 1.165) is 6.42 Å². The zero-order valence-corrected chi connectivity index (χ0v) is 13.3. The van der Waals surface area contributed by atoms with Crippen LogP contribution in [0.25, 0.3) is 10.8 Å². The van der Waals surface area contributed by atoms with Crippen LogP contribution in [0.5, 0.6) is 11.5 Å². The van der Waals surface area contributed by atoms with Crippen molar-refractivity contribution < 1.29 is 23.9 Å². The lowest BCUT2D eigenvalue weighted by Crippen LogP contribution is -2.05. The summed E-state index contributed by atoms with van der Waals surface area (Å²) in [7, 11) is 0. The normalized spacial score (nSPS) is 10.4. The molecule has 23 heavy (non-hydrogen) atoms. The molecule has 0 heterocycles. The van der Waals surface area contributed by atoms with Gasteiger partial charge in [0, 0.05) is 36.6 Å². The van der Waals surface area contributed by atoms with E-state index in [2.05, 4.69) is 0 Å². The van der Waals surface area contributed by atoms with Gasteiger partial charge in [0.1, 0.15) is 11.5 Å². The van der Waals surface area contributed by atoms with Crippen LogP contribution in [0.3, 0.4) is 0 Å². The Labute approximate surface area is 134 Å². The molecule has 0 fully saturated rings. The molecule has 2 aromatic carbocycles. The highest BCUT2D eigenvalue weighted by atomic mass is 16.5. The van der Waals surface area contributed by atoms with Crippen molar-refractivity contribution in [3.05, 3.63) is 35.9 Å². The average molecular weight is 314 g/mol. The summed E-state index contributed by atoms with van der Waals surface area (Å²) in [5.74, 6) is -0.206. The fourth-order valence-electron chi connectivity index (χ4n) is 2.33. The van der Waals surface area contributed by atoms with Crippen LogP contribution in [-0.4, -0.2) is 17.7 Å². The molecule has 5 heteroatoms. The second-order valence-electron chi connectivity index (χ2n) is 5.18. The monoisotopic (exact) mass is 314 g/mol. The molecule has 0 radical (unpaired) electrons. The van der Waals surface area contributed by atoms with Gasteiger partial charge in [0.15, 0.2) is 5.78 Å². The fourth-order valence-corrected chi connectivity index (χ4v) is 2.33. The van der Waals surface area contributed by atoms with Crippen LogP contribution in [0.2, 0.25) is 0 Å². The third-order valence-corrected chi connectivity index (χ3v) is 3.24. The molecule has 0 saturated carbocycles. The average Bonchev–Trinajstić information content (AvgIpc) is 2.48. The van der Waals surface area contributed by atoms with E-state index >= 15 is 0 Å². The maximum absolute atomic E-state index is 12.1. The molecular formula is C18H18O5. The third-order valence-electron chi connectivity index (χ3n) is 3.24. The Morgan fingerprint density at radius 3 is 1.96 bits per heavy atom. The molecule has 0 unspecified atom stereocenters. The topological polar surface area (TPSA) is 69.7 Å². The molecule has 0 aliphatic rings. The van der Waals surface area contributed by atoms with Crippen LogP contribution < -0.4 is 9.47 Å². The van der Waals surface area contributed by atoms with E-state index in [1.54, 1.807) is 30.3 Å². The molecule has 0 amide bonds. The summed E-state index contributed by atoms with van der Waals surface area (Å²) >= 11 is 0. The van der Waals surface area contributed by atoms with E-state index in [4.69, 9.17) is 9.47 Å². The van der Waals surface area contributed by atoms with Crippen LogP contribution >= 0.6 is 0 Å². The maximum atomic E-state index is 12.1. The van der Waals surface area contributed by atoms with Crippen LogP contribution in [0.4, 0.5) is 0 Å². The van der Waals surface area contributed by atoms with E-state index in [9.17, 15) is 14.4 Å². The summed E-state index contributed by atoms with van der Waals surface area (Å²) in [6, 6.07) is 8.17. The number of carbonyl (C=O) groups excluding carboxylic acids is 3. The molecule has 0 aliphatic heterocycles. The molecule has 2 rings (SSSR count). The molecule has 0 aliphatic carbocycles. The lowest BCUT2D eigenvalue weighted by molar-refractivity contribution is -0.132. The Hall–Kier alpha value is -2.69. The van der Waals surface area contributed by atoms with E-state index in [-0.39, 0.29) is 5.78 Å². The Bertz CT molecular complexity index is 776. The molecule has 0 bridgehead atoms. The number of Topliss-reactive ketones (excluding diaryl/α,β-unsaturated/α-hetero) is 1. The molecule has 120 valence electrons. The van der Waals surface area contributed by atoms with Crippen molar-refractivity contribution in [1.82, 2.24) is 0 Å². The standard InChI is InChI=1S/C18H18O5/c1-4-5-16(21)13-6-7-14-15(10-13)18(23-12(3)20)9-8-17(14)22-11(2)19/h6-10H,4-5H2,1-3H3. The highest BCUT2D eigenvalue weighted by molar-refractivity contribution is 6.03. The van der Waals surface area contributed by atoms with Gasteiger partial charge in [-0.2, -0.15) is 0 Å². The van der Waals surface area contributed by atoms with Crippen LogP contribution in [0.1, 0.15) is 44.0 Å². The predicted molar refractivity (Wildman–Crippen MR) is 85.8 cm³/mol. The first-order chi connectivity index (χ1) is 10.9. The van der Waals surface area contributed by atoms with Crippen molar-refractivity contribution in [3.8, 4) is 11.5 Å². The van der Waals surface area contributed by atoms with Gasteiger partial charge in [-0.15, -0.1) is 0 Å². The molecule has 2 aromatic rings. The fraction of sp³-hybridized carbons (Fsp3) is 0.278. The van der Waals surface area contributed by atoms with Crippen LogP contribution in [0.15, 0.2) is 30.3 Å². The summed E-state index contributed by atoms with van der Waals surface area (Å²) in [4.78, 5) is 34.6. The van der Waals surface area contributed by atoms with Gasteiger partial charge >= 0.3 is 11.9 Å². The summed E-state index contributed by atoms with van der Waals surface area (Å²) in [6.45, 7) is 4.55. The predicted octanol–water partition coefficient (Wildman–Crippen LogP) is 3.67. The van der Waals surface area contributed by atoms with Crippen molar-refractivity contribution in [3.63, 3.8) is 0 Å². The molecular weight excluding hydrogens is 296 g/mol. The second-order valence-corrected chi connectivity index (χ2v) is 5.18. The maximum Gasteiger partial charge on any atom is 0.308 e. The van der Waals surface area contributed by atoms with Crippen molar-refractivity contribution in [2.24, 2.45) is 0 Å². The Morgan fingerprint density at radius 1 is 0.870 bits per heavy atom. The summed E-state index contributed by atoms with van der Waals surface area (Å²) < 4.78 is 10.4. The SMILES string of the molecule is CCCC(=O)c1ccc2c(OC(C)=O)ccc(OC(C)=O)c2c1. The Balaban J connectivity index is 2.61. The lowest BCUT2D eigenvalue weighted by Gasteiger charge is -2.11. The van der Waals surface area contributed by atoms with Gasteiger partial charge in [-0.3, -0.25) is 14.4 Å². The lowest BCUT2D eigenvalue weighted by atomic mass is 10.0. The first-order valence-corrected chi connectivity index (χ1v) is 7.39. The van der Waals surface area contributed by atoms with E-state index in [0.29, 0.717) is 34.3 Å². The third kappa shape index (κ3) is 3.94. The first kappa shape index (κ1) is 16.7. The minimum atomic E-state index is -0.461. The summed E-state index contributed by atoms with van der Waals surface area (Å²) in [5.41, 5.74) is 0.535. The Kier molecular flexibility index (Phi) is 5.11. The molecule has 5 nitrogen and oxygen atoms in total. The summed E-state index contributed by atoms with van der Waals surface area (Å²) in [5, 5.41) is 1.16. The van der Waals surface area contributed by atoms with E-state index in [1.807, 2.05) is 6.92 Å². The second kappa shape index (κ2) is 7.05. The zero-order valence-electron chi connectivity index (χ0n) is 13.3. The van der Waals surface area contributed by atoms with Gasteiger partial charge in [0.05, 0.1) is 0 Å². The van der Waals surface area contributed by atoms with Gasteiger partial charge in [0.2, 0.25) is 0 Å². The van der Waals surface area contributed by atoms with Crippen molar-refractivity contribution >= 4 is 28.5 Å². The number of hydrogen-bond acceptors (Lipinski definition) is 5. The number of fused-ring (bicyclic) bond motifs is 1. The number of benzene rings is 2. The van der Waals surface area contributed by atoms with Gasteiger partial charge in [0.25, 0.3) is 0 Å². The summed E-state index contributed by atoms with van der Waals surface area (Å²) in [6.07, 6.45) is 1.19.